The van der Waals surface area contributed by atoms with Crippen molar-refractivity contribution in [1.82, 2.24) is 68.5 Å². The Morgan fingerprint density at radius 3 is 1.51 bits per heavy atom. The van der Waals surface area contributed by atoms with E-state index in [1.165, 1.54) is 45.8 Å². The second kappa shape index (κ2) is 33.8. The van der Waals surface area contributed by atoms with Crippen molar-refractivity contribution in [3.05, 3.63) is 197 Å². The Bertz CT molecular complexity index is 5600. The van der Waals surface area contributed by atoms with Crippen molar-refractivity contribution in [3.8, 4) is 86.5 Å². The van der Waals surface area contributed by atoms with E-state index in [2.05, 4.69) is 90.1 Å². The highest BCUT2D eigenvalue weighted by molar-refractivity contribution is 6.36. The maximum absolute atomic E-state index is 15.8. The number of nitrogens with zero attached hydrogens (tertiary/aromatic N) is 20. The van der Waals surface area contributed by atoms with E-state index < -0.39 is 23.1 Å². The van der Waals surface area contributed by atoms with Gasteiger partial charge in [-0.15, -0.1) is 0 Å². The molecule has 0 aromatic carbocycles. The minimum atomic E-state index is -1.15. The lowest BCUT2D eigenvalue weighted by molar-refractivity contribution is -0.00879. The van der Waals surface area contributed by atoms with E-state index >= 15 is 4.39 Å². The van der Waals surface area contributed by atoms with Gasteiger partial charge in [0.05, 0.1) is 106 Å². The fraction of sp³-hybridized carbons (Fsp3) is 0.357. The largest absolute Gasteiger partial charge is 0.488 e. The Morgan fingerprint density at radius 2 is 1.03 bits per heavy atom. The number of nitriles is 3. The van der Waals surface area contributed by atoms with Crippen LogP contribution in [0.1, 0.15) is 88.1 Å². The summed E-state index contributed by atoms with van der Waals surface area (Å²) in [5.41, 5.74) is 6.27. The zero-order valence-electron chi connectivity index (χ0n) is 64.9. The number of fused-ring (bicyclic) bond motifs is 7. The average Bonchev–Trinajstić information content (AvgIpc) is 1.13. The minimum absolute atomic E-state index is 0.0429. The van der Waals surface area contributed by atoms with Crippen LogP contribution in [-0.4, -0.2) is 205 Å². The number of methoxy groups -OCH3 is 2. The van der Waals surface area contributed by atoms with E-state index in [1.54, 1.807) is 84.2 Å². The van der Waals surface area contributed by atoms with E-state index in [0.717, 1.165) is 111 Å². The predicted octanol–water partition coefficient (Wildman–Crippen LogP) is 11.5. The van der Waals surface area contributed by atoms with Crippen LogP contribution < -0.4 is 43.1 Å². The molecule has 7 aliphatic heterocycles. The molecule has 7 aliphatic rings. The van der Waals surface area contributed by atoms with Gasteiger partial charge in [-0.2, -0.15) is 31.1 Å². The second-order valence-corrected chi connectivity index (χ2v) is 31.4. The number of ether oxygens (including phenoxy) is 6. The number of hydrogen-bond donors (Lipinski definition) is 3. The molecule has 12 aromatic rings. The van der Waals surface area contributed by atoms with E-state index in [4.69, 9.17) is 61.6 Å². The lowest BCUT2D eigenvalue weighted by atomic mass is 9.87. The number of pyridine rings is 9. The summed E-state index contributed by atoms with van der Waals surface area (Å²) in [6.45, 7) is 15.0. The second-order valence-electron chi connectivity index (χ2n) is 30.6. The van der Waals surface area contributed by atoms with Gasteiger partial charge in [-0.3, -0.25) is 9.80 Å². The molecule has 5 atom stereocenters. The maximum atomic E-state index is 15.8. The van der Waals surface area contributed by atoms with Crippen molar-refractivity contribution in [2.75, 3.05) is 88.0 Å². The lowest BCUT2D eigenvalue weighted by Crippen LogP contribution is -2.68. The van der Waals surface area contributed by atoms with Crippen LogP contribution in [0.15, 0.2) is 153 Å². The molecule has 0 saturated carbocycles. The molecule has 7 fully saturated rings. The molecule has 19 rings (SSSR count). The highest BCUT2D eigenvalue weighted by Gasteiger charge is 2.46. The van der Waals surface area contributed by atoms with Crippen LogP contribution in [0, 0.1) is 39.8 Å². The Labute approximate surface area is 678 Å². The fourth-order valence-electron chi connectivity index (χ4n) is 15.2. The SMILES string of the molecule is CC(C)(O)COc1cn2ncc(C#N)c2c(-c2ccc(N3CCC(Oc4ccccn4)CC3)nc2)c1Cl.COc1ccc(CN2C3CC2CN(c2ccc(-c4c(F)c(OCC(C)(C)O)cn5ncc(C#N)c45)cn2)C3)cn1.COc1ccc(CN2C3CC2CN(c2ccc(-c4cc(OC[C@@H](C)O)c(Cl)n5ncc(C#N)c45)cn2)C3)cn1. The Kier molecular flexibility index (Phi) is 23.1. The van der Waals surface area contributed by atoms with Gasteiger partial charge in [0.15, 0.2) is 28.2 Å². The van der Waals surface area contributed by atoms with Crippen molar-refractivity contribution in [2.24, 2.45) is 0 Å². The summed E-state index contributed by atoms with van der Waals surface area (Å²) in [5, 5.41) is 72.1. The Morgan fingerprint density at radius 1 is 0.543 bits per heavy atom. The molecule has 116 heavy (non-hydrogen) atoms. The number of piperidine rings is 3. The zero-order chi connectivity index (χ0) is 81.1. The van der Waals surface area contributed by atoms with Crippen molar-refractivity contribution in [2.45, 2.75) is 121 Å². The van der Waals surface area contributed by atoms with Gasteiger partial charge in [0.1, 0.15) is 61.6 Å². The summed E-state index contributed by atoms with van der Waals surface area (Å²) in [5.74, 6) is 4.52. The molecular formula is C84H85Cl2FN20O9. The van der Waals surface area contributed by atoms with Gasteiger partial charge in [-0.05, 0) is 107 Å². The normalized spacial score (nSPS) is 17.7. The quantitative estimate of drug-likeness (QED) is 0.0501. The summed E-state index contributed by atoms with van der Waals surface area (Å²) in [4.78, 5) is 39.0. The third-order valence-corrected chi connectivity index (χ3v) is 21.7. The van der Waals surface area contributed by atoms with E-state index in [9.17, 15) is 31.1 Å². The van der Waals surface area contributed by atoms with Crippen LogP contribution in [0.5, 0.6) is 34.9 Å². The first-order chi connectivity index (χ1) is 56.0. The Balaban J connectivity index is 0.000000137. The van der Waals surface area contributed by atoms with Gasteiger partial charge in [0, 0.05) is 173 Å². The highest BCUT2D eigenvalue weighted by Crippen LogP contribution is 2.44. The molecule has 32 heteroatoms. The summed E-state index contributed by atoms with van der Waals surface area (Å²) >= 11 is 13.3. The van der Waals surface area contributed by atoms with Crippen molar-refractivity contribution in [3.63, 3.8) is 0 Å². The lowest BCUT2D eigenvalue weighted by Gasteiger charge is -2.56. The minimum Gasteiger partial charge on any atom is -0.488 e. The number of piperazine rings is 2. The van der Waals surface area contributed by atoms with Gasteiger partial charge in [-0.1, -0.05) is 41.4 Å². The summed E-state index contributed by atoms with van der Waals surface area (Å²) < 4.78 is 53.8. The van der Waals surface area contributed by atoms with E-state index in [0.29, 0.717) is 97.1 Å². The van der Waals surface area contributed by atoms with Gasteiger partial charge in [-0.25, -0.2) is 47.8 Å². The van der Waals surface area contributed by atoms with Crippen LogP contribution in [-0.2, 0) is 13.1 Å². The molecular weight excluding hydrogens is 1520 g/mol. The molecule has 0 aliphatic carbocycles. The zero-order valence-corrected chi connectivity index (χ0v) is 66.4. The topological polar surface area (TPSA) is 333 Å². The van der Waals surface area contributed by atoms with E-state index in [1.807, 2.05) is 85.3 Å². The molecule has 0 radical (unpaired) electrons. The monoisotopic (exact) mass is 1610 g/mol. The smallest absolute Gasteiger partial charge is 0.213 e. The van der Waals surface area contributed by atoms with Crippen LogP contribution in [0.25, 0.3) is 49.9 Å². The van der Waals surface area contributed by atoms with Crippen LogP contribution in [0.2, 0.25) is 10.2 Å². The number of rotatable bonds is 23. The number of hydrogen-bond acceptors (Lipinski definition) is 26. The van der Waals surface area contributed by atoms with Gasteiger partial charge in [0.2, 0.25) is 17.6 Å². The molecule has 4 unspecified atom stereocenters. The maximum Gasteiger partial charge on any atom is 0.213 e. The summed E-state index contributed by atoms with van der Waals surface area (Å²) in [7, 11) is 3.24. The first-order valence-corrected chi connectivity index (χ1v) is 38.8. The molecule has 0 amide bonds. The third kappa shape index (κ3) is 17.2. The number of halogens is 3. The fourth-order valence-corrected chi connectivity index (χ4v) is 15.8. The molecule has 4 bridgehead atoms. The first kappa shape index (κ1) is 79.2. The molecule has 29 nitrogen and oxygen atoms in total. The van der Waals surface area contributed by atoms with Crippen molar-refractivity contribution >= 4 is 57.2 Å². The van der Waals surface area contributed by atoms with Gasteiger partial charge >= 0.3 is 0 Å². The molecule has 19 heterocycles. The van der Waals surface area contributed by atoms with Crippen LogP contribution >= 0.6 is 23.2 Å². The number of aliphatic hydroxyl groups excluding tert-OH is 1. The highest BCUT2D eigenvalue weighted by atomic mass is 35.5. The van der Waals surface area contributed by atoms with Gasteiger partial charge < -0.3 is 58.4 Å². The van der Waals surface area contributed by atoms with Gasteiger partial charge in [0.25, 0.3) is 0 Å². The molecule has 7 saturated heterocycles. The molecule has 3 N–H and O–H groups in total. The molecule has 0 spiro atoms. The molecule has 596 valence electrons. The Hall–Kier alpha value is -12.1. The summed E-state index contributed by atoms with van der Waals surface area (Å²) in [6.07, 6.45) is 21.6. The number of anilines is 3. The summed E-state index contributed by atoms with van der Waals surface area (Å²) in [6, 6.07) is 35.2. The van der Waals surface area contributed by atoms with Crippen LogP contribution in [0.3, 0.4) is 0 Å². The standard InChI is InChI=1S/C29H30FN7O3.C28H28ClN7O3.C27H27ClN6O3/c1-29(2,38)17-40-23-16-37-28(20(9-31)12-34-37)26(27(23)30)19-5-6-24(32-11-19)35-14-21-8-22(15-35)36(21)13-18-4-7-25(39-3)33-10-18;1-17(37)16-39-24-8-23(27-20(9-30)12-33-36(27)28(24)29)19-4-5-25(31-11-19)34-14-21-7-22(15-34)35(21)13-18-3-6-26(38-2)32-10-18;1-27(2,35)17-36-21-16-34-26(19(13-29)15-32-34)24(25(21)28)18-6-7-22(31-14-18)33-11-8-20(9-12-33)37-23-5-3-4-10-30-23/h4-7,10-12,16,21-22,38H,8,13-15,17H2,1-3H3;3-6,8,10-12,17,21-22,37H,7,13-16H2,1-2H3;3-7,10,14-16,20,35H,8-9,11-12,17H2,1-2H3/t;17-,21?,22?;/m.1./s1. The van der Waals surface area contributed by atoms with Crippen molar-refractivity contribution in [1.29, 1.82) is 15.8 Å². The number of aliphatic hydroxyl groups is 3. The third-order valence-electron chi connectivity index (χ3n) is 21.0. The van der Waals surface area contributed by atoms with Crippen LogP contribution in [0.4, 0.5) is 21.8 Å². The van der Waals surface area contributed by atoms with E-state index in [-0.39, 0.29) is 48.0 Å². The number of aromatic nitrogens is 12. The molecule has 12 aromatic heterocycles. The van der Waals surface area contributed by atoms with Crippen molar-refractivity contribution < 1.29 is 48.1 Å². The average molecular weight is 1610 g/mol. The first-order valence-electron chi connectivity index (χ1n) is 38.0. The predicted molar refractivity (Wildman–Crippen MR) is 432 cm³/mol.